The van der Waals surface area contributed by atoms with Crippen molar-refractivity contribution in [3.05, 3.63) is 29.2 Å². The fourth-order valence-electron chi connectivity index (χ4n) is 1.81. The van der Waals surface area contributed by atoms with Crippen LogP contribution in [0.4, 0.5) is 0 Å². The lowest BCUT2D eigenvalue weighted by Crippen LogP contribution is -2.27. The minimum atomic E-state index is -3.34. The highest BCUT2D eigenvalue weighted by Gasteiger charge is 2.29. The standard InChI is InChI=1S/C11H15ClN2O2S/c1-8(2)17(15,16)11-7-13(3)6-9-4-5-10(12)14(9)11/h4-5,7-8H,6H2,1-3H3. The van der Waals surface area contributed by atoms with Crippen LogP contribution >= 0.6 is 11.6 Å². The molecule has 0 unspecified atom stereocenters. The highest BCUT2D eigenvalue weighted by molar-refractivity contribution is 8.00. The molecule has 0 fully saturated rings. The molecule has 0 aliphatic carbocycles. The zero-order valence-electron chi connectivity index (χ0n) is 10.0. The van der Waals surface area contributed by atoms with Crippen molar-refractivity contribution in [1.29, 1.82) is 0 Å². The molecule has 1 aliphatic rings. The van der Waals surface area contributed by atoms with Gasteiger partial charge >= 0.3 is 0 Å². The van der Waals surface area contributed by atoms with E-state index in [0.717, 1.165) is 5.69 Å². The maximum absolute atomic E-state index is 12.3. The summed E-state index contributed by atoms with van der Waals surface area (Å²) in [5, 5.41) is 0.224. The van der Waals surface area contributed by atoms with Gasteiger partial charge in [-0.25, -0.2) is 8.42 Å². The lowest BCUT2D eigenvalue weighted by atomic mass is 10.4. The summed E-state index contributed by atoms with van der Waals surface area (Å²) in [7, 11) is -1.49. The Morgan fingerprint density at radius 1 is 1.35 bits per heavy atom. The summed E-state index contributed by atoms with van der Waals surface area (Å²) in [4.78, 5) is 1.85. The minimum Gasteiger partial charge on any atom is -0.372 e. The van der Waals surface area contributed by atoms with E-state index in [1.807, 2.05) is 18.0 Å². The van der Waals surface area contributed by atoms with Crippen LogP contribution < -0.4 is 0 Å². The van der Waals surface area contributed by atoms with E-state index in [0.29, 0.717) is 11.7 Å². The number of hydrogen-bond donors (Lipinski definition) is 0. The minimum absolute atomic E-state index is 0.256. The van der Waals surface area contributed by atoms with Gasteiger partial charge in [-0.3, -0.25) is 4.57 Å². The Morgan fingerprint density at radius 2 is 2.00 bits per heavy atom. The molecule has 0 atom stereocenters. The molecule has 0 saturated carbocycles. The molecule has 0 bridgehead atoms. The van der Waals surface area contributed by atoms with Gasteiger partial charge in [0.1, 0.15) is 5.15 Å². The first-order chi connectivity index (χ1) is 7.84. The van der Waals surface area contributed by atoms with Gasteiger partial charge in [0.15, 0.2) is 14.9 Å². The van der Waals surface area contributed by atoms with Crippen LogP contribution in [0.15, 0.2) is 18.3 Å². The van der Waals surface area contributed by atoms with Crippen molar-refractivity contribution < 1.29 is 8.42 Å². The summed E-state index contributed by atoms with van der Waals surface area (Å²) in [6.45, 7) is 3.99. The smallest absolute Gasteiger partial charge is 0.197 e. The van der Waals surface area contributed by atoms with Crippen LogP contribution in [0.1, 0.15) is 19.5 Å². The quantitative estimate of drug-likeness (QED) is 0.830. The van der Waals surface area contributed by atoms with E-state index >= 15 is 0 Å². The van der Waals surface area contributed by atoms with Crippen molar-refractivity contribution in [2.45, 2.75) is 25.6 Å². The lowest BCUT2D eigenvalue weighted by molar-refractivity contribution is 0.429. The third-order valence-corrected chi connectivity index (χ3v) is 5.20. The number of halogens is 1. The second kappa shape index (κ2) is 4.07. The molecule has 1 aromatic heterocycles. The van der Waals surface area contributed by atoms with Crippen LogP contribution in [0.5, 0.6) is 0 Å². The van der Waals surface area contributed by atoms with E-state index in [4.69, 9.17) is 11.6 Å². The summed E-state index contributed by atoms with van der Waals surface area (Å²) < 4.78 is 26.1. The molecule has 0 spiro atoms. The molecule has 17 heavy (non-hydrogen) atoms. The molecule has 94 valence electrons. The molecule has 0 aromatic carbocycles. The average molecular weight is 275 g/mol. The Balaban J connectivity index is 2.64. The SMILES string of the molecule is CC(C)S(=O)(=O)C1=CN(C)Cc2ccc(Cl)n21. The maximum Gasteiger partial charge on any atom is 0.197 e. The maximum atomic E-state index is 12.3. The first-order valence-corrected chi connectivity index (χ1v) is 7.29. The first kappa shape index (κ1) is 12.5. The van der Waals surface area contributed by atoms with Gasteiger partial charge in [0, 0.05) is 18.9 Å². The van der Waals surface area contributed by atoms with Crippen LogP contribution in [0, 0.1) is 0 Å². The Hall–Kier alpha value is -0.940. The van der Waals surface area contributed by atoms with Crippen LogP contribution in [0.25, 0.3) is 5.03 Å². The van der Waals surface area contributed by atoms with Crippen LogP contribution in [0.3, 0.4) is 0 Å². The lowest BCUT2D eigenvalue weighted by Gasteiger charge is -2.26. The van der Waals surface area contributed by atoms with Gasteiger partial charge in [0.25, 0.3) is 0 Å². The van der Waals surface area contributed by atoms with Gasteiger partial charge < -0.3 is 4.90 Å². The second-order valence-electron chi connectivity index (χ2n) is 4.46. The summed E-state index contributed by atoms with van der Waals surface area (Å²) >= 11 is 6.05. The molecule has 2 heterocycles. The van der Waals surface area contributed by atoms with Crippen LogP contribution in [0.2, 0.25) is 5.15 Å². The number of aromatic nitrogens is 1. The monoisotopic (exact) mass is 274 g/mol. The Labute approximate surface area is 106 Å². The predicted octanol–water partition coefficient (Wildman–Crippen LogP) is 2.17. The topological polar surface area (TPSA) is 42.3 Å². The highest BCUT2D eigenvalue weighted by Crippen LogP contribution is 2.30. The van der Waals surface area contributed by atoms with Crippen LogP contribution in [-0.2, 0) is 16.4 Å². The molecular formula is C11H15ClN2O2S. The van der Waals surface area contributed by atoms with Crippen LogP contribution in [-0.4, -0.2) is 30.2 Å². The molecule has 6 heteroatoms. The summed E-state index contributed by atoms with van der Waals surface area (Å²) in [5.41, 5.74) is 0.888. The fourth-order valence-corrected chi connectivity index (χ4v) is 3.40. The zero-order chi connectivity index (χ0) is 12.8. The normalized spacial score (nSPS) is 16.1. The molecule has 0 amide bonds. The van der Waals surface area contributed by atoms with E-state index in [1.54, 1.807) is 30.7 Å². The Morgan fingerprint density at radius 3 is 2.59 bits per heavy atom. The van der Waals surface area contributed by atoms with Crippen molar-refractivity contribution >= 4 is 26.5 Å². The van der Waals surface area contributed by atoms with E-state index < -0.39 is 15.1 Å². The van der Waals surface area contributed by atoms with Gasteiger partial charge in [0.2, 0.25) is 0 Å². The average Bonchev–Trinajstić information content (AvgIpc) is 2.58. The summed E-state index contributed by atoms with van der Waals surface area (Å²) in [5.74, 6) is 0. The summed E-state index contributed by atoms with van der Waals surface area (Å²) in [6, 6.07) is 3.57. The van der Waals surface area contributed by atoms with E-state index in [2.05, 4.69) is 0 Å². The van der Waals surface area contributed by atoms with Gasteiger partial charge in [-0.05, 0) is 26.0 Å². The number of fused-ring (bicyclic) bond motifs is 1. The van der Waals surface area contributed by atoms with E-state index in [-0.39, 0.29) is 5.03 Å². The Kier molecular flexibility index (Phi) is 2.99. The third-order valence-electron chi connectivity index (χ3n) is 2.79. The zero-order valence-corrected chi connectivity index (χ0v) is 11.6. The Bertz CT molecular complexity index is 572. The van der Waals surface area contributed by atoms with Crippen molar-refractivity contribution in [2.24, 2.45) is 0 Å². The molecule has 1 aromatic rings. The van der Waals surface area contributed by atoms with Gasteiger partial charge in [-0.2, -0.15) is 0 Å². The molecule has 1 aliphatic heterocycles. The molecule has 2 rings (SSSR count). The number of sulfone groups is 1. The number of rotatable bonds is 2. The number of nitrogens with zero attached hydrogens (tertiary/aromatic N) is 2. The summed E-state index contributed by atoms with van der Waals surface area (Å²) in [6.07, 6.45) is 1.63. The van der Waals surface area contributed by atoms with Crippen molar-refractivity contribution in [3.63, 3.8) is 0 Å². The molecule has 0 N–H and O–H groups in total. The largest absolute Gasteiger partial charge is 0.372 e. The van der Waals surface area contributed by atoms with Gasteiger partial charge in [0.05, 0.1) is 11.8 Å². The van der Waals surface area contributed by atoms with Gasteiger partial charge in [-0.1, -0.05) is 11.6 Å². The van der Waals surface area contributed by atoms with Crippen molar-refractivity contribution in [2.75, 3.05) is 7.05 Å². The first-order valence-electron chi connectivity index (χ1n) is 5.36. The molecule has 0 radical (unpaired) electrons. The third kappa shape index (κ3) is 1.98. The van der Waals surface area contributed by atoms with Crippen molar-refractivity contribution in [1.82, 2.24) is 9.47 Å². The highest BCUT2D eigenvalue weighted by atomic mass is 35.5. The predicted molar refractivity (Wildman–Crippen MR) is 69.2 cm³/mol. The molecule has 4 nitrogen and oxygen atoms in total. The molecule has 0 saturated heterocycles. The van der Waals surface area contributed by atoms with Gasteiger partial charge in [-0.15, -0.1) is 0 Å². The van der Waals surface area contributed by atoms with Crippen molar-refractivity contribution in [3.8, 4) is 0 Å². The van der Waals surface area contributed by atoms with E-state index in [1.165, 1.54) is 0 Å². The fraction of sp³-hybridized carbons (Fsp3) is 0.455. The second-order valence-corrected chi connectivity index (χ2v) is 7.30. The number of hydrogen-bond acceptors (Lipinski definition) is 3. The molecular weight excluding hydrogens is 260 g/mol. The van der Waals surface area contributed by atoms with E-state index in [9.17, 15) is 8.42 Å².